The summed E-state index contributed by atoms with van der Waals surface area (Å²) in [6.07, 6.45) is 0.734. The minimum Gasteiger partial charge on any atom is -0.496 e. The third kappa shape index (κ3) is 3.00. The molecule has 0 aliphatic heterocycles. The van der Waals surface area contributed by atoms with Crippen molar-refractivity contribution in [3.8, 4) is 5.75 Å². The lowest BCUT2D eigenvalue weighted by Gasteiger charge is -2.14. The van der Waals surface area contributed by atoms with Crippen LogP contribution in [0.2, 0.25) is 0 Å². The van der Waals surface area contributed by atoms with Gasteiger partial charge in [0, 0.05) is 5.56 Å². The summed E-state index contributed by atoms with van der Waals surface area (Å²) in [5.41, 5.74) is 8.08. The summed E-state index contributed by atoms with van der Waals surface area (Å²) < 4.78 is 31.0. The van der Waals surface area contributed by atoms with E-state index >= 15 is 0 Å². The average Bonchev–Trinajstić information content (AvgIpc) is 2.48. The van der Waals surface area contributed by atoms with Gasteiger partial charge in [-0.15, -0.1) is 0 Å². The first kappa shape index (κ1) is 16.5. The van der Waals surface area contributed by atoms with Crippen LogP contribution in [0.5, 0.6) is 5.75 Å². The van der Waals surface area contributed by atoms with E-state index in [1.165, 1.54) is 0 Å². The summed E-state index contributed by atoms with van der Waals surface area (Å²) >= 11 is 0. The summed E-state index contributed by atoms with van der Waals surface area (Å²) in [4.78, 5) is 0.559. The molecule has 0 radical (unpaired) electrons. The number of rotatable bonds is 5. The van der Waals surface area contributed by atoms with Crippen molar-refractivity contribution in [3.05, 3.63) is 53.1 Å². The Balaban J connectivity index is 2.51. The van der Waals surface area contributed by atoms with Crippen LogP contribution in [0.1, 0.15) is 16.7 Å². The Morgan fingerprint density at radius 3 is 2.23 bits per heavy atom. The molecular weight excluding hydrogens is 298 g/mol. The summed E-state index contributed by atoms with van der Waals surface area (Å²) in [7, 11) is -2.01. The van der Waals surface area contributed by atoms with E-state index in [0.29, 0.717) is 17.9 Å². The number of aryl methyl sites for hydroxylation is 1. The monoisotopic (exact) mass is 319 g/mol. The van der Waals surface area contributed by atoms with Gasteiger partial charge in [-0.2, -0.15) is 0 Å². The molecule has 2 rings (SSSR count). The predicted octanol–water partition coefficient (Wildman–Crippen LogP) is 2.65. The van der Waals surface area contributed by atoms with Crippen LogP contribution in [-0.2, 0) is 16.3 Å². The van der Waals surface area contributed by atoms with Crippen molar-refractivity contribution < 1.29 is 13.2 Å². The molecule has 0 unspecified atom stereocenters. The number of nitrogens with two attached hydrogens (primary N) is 1. The van der Waals surface area contributed by atoms with Crippen LogP contribution < -0.4 is 10.5 Å². The fourth-order valence-electron chi connectivity index (χ4n) is 2.54. The molecule has 0 heterocycles. The van der Waals surface area contributed by atoms with E-state index in [0.717, 1.165) is 17.5 Å². The Labute approximate surface area is 131 Å². The summed E-state index contributed by atoms with van der Waals surface area (Å²) in [6, 6.07) is 10.3. The fraction of sp³-hybridized carbons (Fsp3) is 0.294. The largest absolute Gasteiger partial charge is 0.496 e. The maximum atomic E-state index is 12.8. The Bertz CT molecular complexity index is 765. The predicted molar refractivity (Wildman–Crippen MR) is 87.1 cm³/mol. The molecular formula is C17H21NO3S. The van der Waals surface area contributed by atoms with Crippen LogP contribution in [0.3, 0.4) is 0 Å². The minimum absolute atomic E-state index is 0.279. The quantitative estimate of drug-likeness (QED) is 0.920. The number of hydrogen-bond donors (Lipinski definition) is 1. The van der Waals surface area contributed by atoms with Crippen LogP contribution in [0.4, 0.5) is 0 Å². The first-order chi connectivity index (χ1) is 10.4. The highest BCUT2D eigenvalue weighted by molar-refractivity contribution is 7.91. The molecule has 0 amide bonds. The molecule has 2 aromatic rings. The minimum atomic E-state index is -3.56. The second-order valence-corrected chi connectivity index (χ2v) is 7.14. The van der Waals surface area contributed by atoms with Crippen molar-refractivity contribution in [1.82, 2.24) is 0 Å². The van der Waals surface area contributed by atoms with Crippen molar-refractivity contribution in [1.29, 1.82) is 0 Å². The Morgan fingerprint density at radius 2 is 1.68 bits per heavy atom. The lowest BCUT2D eigenvalue weighted by molar-refractivity contribution is 0.407. The maximum Gasteiger partial charge on any atom is 0.206 e. The van der Waals surface area contributed by atoms with Gasteiger partial charge in [-0.3, -0.25) is 0 Å². The molecule has 0 saturated heterocycles. The highest BCUT2D eigenvalue weighted by Gasteiger charge is 2.22. The number of methoxy groups -OCH3 is 1. The van der Waals surface area contributed by atoms with Gasteiger partial charge in [-0.1, -0.05) is 18.2 Å². The van der Waals surface area contributed by atoms with Crippen molar-refractivity contribution in [2.45, 2.75) is 30.1 Å². The van der Waals surface area contributed by atoms with Gasteiger partial charge in [0.2, 0.25) is 9.84 Å². The van der Waals surface area contributed by atoms with E-state index in [1.54, 1.807) is 50.4 Å². The fourth-order valence-corrected chi connectivity index (χ4v) is 4.03. The first-order valence-corrected chi connectivity index (χ1v) is 8.58. The third-order valence-corrected chi connectivity index (χ3v) is 5.63. The molecule has 22 heavy (non-hydrogen) atoms. The van der Waals surface area contributed by atoms with Gasteiger partial charge >= 0.3 is 0 Å². The molecule has 0 saturated carbocycles. The molecule has 2 N–H and O–H groups in total. The van der Waals surface area contributed by atoms with Gasteiger partial charge in [-0.25, -0.2) is 8.42 Å². The normalized spacial score (nSPS) is 11.5. The molecule has 5 heteroatoms. The summed E-state index contributed by atoms with van der Waals surface area (Å²) in [5.74, 6) is 0.612. The first-order valence-electron chi connectivity index (χ1n) is 7.10. The van der Waals surface area contributed by atoms with E-state index in [9.17, 15) is 8.42 Å². The summed E-state index contributed by atoms with van der Waals surface area (Å²) in [6.45, 7) is 4.20. The van der Waals surface area contributed by atoms with E-state index in [4.69, 9.17) is 10.5 Å². The number of sulfone groups is 1. The van der Waals surface area contributed by atoms with Gasteiger partial charge < -0.3 is 10.5 Å². The lowest BCUT2D eigenvalue weighted by atomic mass is 10.1. The van der Waals surface area contributed by atoms with Gasteiger partial charge in [0.1, 0.15) is 5.75 Å². The van der Waals surface area contributed by atoms with Gasteiger partial charge in [-0.05, 0) is 56.1 Å². The van der Waals surface area contributed by atoms with Gasteiger partial charge in [0.25, 0.3) is 0 Å². The van der Waals surface area contributed by atoms with Gasteiger partial charge in [0.15, 0.2) is 0 Å². The molecule has 0 atom stereocenters. The zero-order valence-electron chi connectivity index (χ0n) is 13.1. The molecule has 0 bridgehead atoms. The molecule has 4 nitrogen and oxygen atoms in total. The highest BCUT2D eigenvalue weighted by atomic mass is 32.2. The Kier molecular flexibility index (Phi) is 4.88. The molecule has 0 aliphatic carbocycles. The average molecular weight is 319 g/mol. The molecule has 0 aliphatic rings. The van der Waals surface area contributed by atoms with Gasteiger partial charge in [0.05, 0.1) is 16.9 Å². The Hall–Kier alpha value is -1.85. The third-order valence-electron chi connectivity index (χ3n) is 3.71. The van der Waals surface area contributed by atoms with Crippen molar-refractivity contribution >= 4 is 9.84 Å². The number of benzene rings is 2. The molecule has 118 valence electrons. The van der Waals surface area contributed by atoms with Crippen molar-refractivity contribution in [2.75, 3.05) is 13.7 Å². The van der Waals surface area contributed by atoms with Crippen molar-refractivity contribution in [2.24, 2.45) is 5.73 Å². The smallest absolute Gasteiger partial charge is 0.206 e. The zero-order chi connectivity index (χ0) is 16.3. The Morgan fingerprint density at radius 1 is 1.05 bits per heavy atom. The molecule has 0 aromatic heterocycles. The molecule has 0 fully saturated rings. The lowest BCUT2D eigenvalue weighted by Crippen LogP contribution is -2.07. The number of ether oxygens (including phenoxy) is 1. The maximum absolute atomic E-state index is 12.8. The van der Waals surface area contributed by atoms with E-state index in [2.05, 4.69) is 0 Å². The molecule has 0 spiro atoms. The van der Waals surface area contributed by atoms with Crippen LogP contribution in [0.15, 0.2) is 46.2 Å². The SMILES string of the molecule is COc1c(C)ccc(S(=O)(=O)c2ccc(CCN)cc2)c1C. The second kappa shape index (κ2) is 6.50. The zero-order valence-corrected chi connectivity index (χ0v) is 13.9. The van der Waals surface area contributed by atoms with Crippen LogP contribution in [0, 0.1) is 13.8 Å². The van der Waals surface area contributed by atoms with Crippen LogP contribution in [-0.4, -0.2) is 22.1 Å². The van der Waals surface area contributed by atoms with Crippen LogP contribution in [0.25, 0.3) is 0 Å². The highest BCUT2D eigenvalue weighted by Crippen LogP contribution is 2.32. The topological polar surface area (TPSA) is 69.4 Å². The summed E-state index contributed by atoms with van der Waals surface area (Å²) in [5, 5.41) is 0. The van der Waals surface area contributed by atoms with Crippen molar-refractivity contribution in [3.63, 3.8) is 0 Å². The van der Waals surface area contributed by atoms with E-state index in [-0.39, 0.29) is 9.79 Å². The van der Waals surface area contributed by atoms with E-state index in [1.807, 2.05) is 6.92 Å². The second-order valence-electron chi connectivity index (χ2n) is 5.22. The number of hydrogen-bond acceptors (Lipinski definition) is 4. The molecule has 2 aromatic carbocycles. The standard InChI is InChI=1S/C17H21NO3S/c1-12-4-9-16(13(2)17(12)21-3)22(19,20)15-7-5-14(6-8-15)10-11-18/h4-9H,10-11,18H2,1-3H3. The van der Waals surface area contributed by atoms with Crippen LogP contribution >= 0.6 is 0 Å². The van der Waals surface area contributed by atoms with E-state index < -0.39 is 9.84 Å².